The smallest absolute Gasteiger partial charge is 0.384 e. The van der Waals surface area contributed by atoms with Crippen LogP contribution in [0.4, 0.5) is 13.2 Å². The number of nitrogens with zero attached hydrogens (tertiary/aromatic N) is 1. The molecule has 1 aliphatic rings. The highest BCUT2D eigenvalue weighted by Gasteiger charge is 2.46. The molecule has 1 saturated carbocycles. The van der Waals surface area contributed by atoms with Gasteiger partial charge in [0.2, 0.25) is 0 Å². The molecule has 1 fully saturated rings. The monoisotopic (exact) mass is 249 g/mol. The van der Waals surface area contributed by atoms with Crippen molar-refractivity contribution in [1.29, 1.82) is 5.26 Å². The Labute approximate surface area is 99.4 Å². The molecule has 0 spiro atoms. The highest BCUT2D eigenvalue weighted by atomic mass is 19.4. The van der Waals surface area contributed by atoms with E-state index < -0.39 is 24.1 Å². The van der Waals surface area contributed by atoms with Crippen molar-refractivity contribution in [3.05, 3.63) is 0 Å². The van der Waals surface area contributed by atoms with Crippen molar-refractivity contribution in [3.8, 4) is 6.07 Å². The molecule has 0 bridgehead atoms. The third kappa shape index (κ3) is 3.60. The maximum atomic E-state index is 12.3. The number of halogens is 3. The van der Waals surface area contributed by atoms with Crippen molar-refractivity contribution in [2.75, 3.05) is 0 Å². The van der Waals surface area contributed by atoms with Gasteiger partial charge in [-0.2, -0.15) is 18.4 Å². The van der Waals surface area contributed by atoms with E-state index in [2.05, 4.69) is 13.8 Å². The standard InChI is InChI=1S/C12H18F3NO/c1-10(2)3-5-11(8-16,6-4-10)7-9(17)12(13,14)15/h9,17H,3-7H2,1-2H3. The summed E-state index contributed by atoms with van der Waals surface area (Å²) in [5.74, 6) is 0. The summed E-state index contributed by atoms with van der Waals surface area (Å²) in [7, 11) is 0. The number of aliphatic hydroxyl groups excluding tert-OH is 1. The van der Waals surface area contributed by atoms with Crippen LogP contribution in [0.1, 0.15) is 46.0 Å². The van der Waals surface area contributed by atoms with Crippen LogP contribution in [0.3, 0.4) is 0 Å². The van der Waals surface area contributed by atoms with Gasteiger partial charge in [0.1, 0.15) is 0 Å². The minimum atomic E-state index is -4.63. The van der Waals surface area contributed by atoms with Crippen molar-refractivity contribution in [2.45, 2.75) is 58.2 Å². The molecule has 98 valence electrons. The lowest BCUT2D eigenvalue weighted by molar-refractivity contribution is -0.212. The normalized spacial score (nSPS) is 25.0. The second-order valence-electron chi connectivity index (χ2n) is 5.82. The van der Waals surface area contributed by atoms with Crippen LogP contribution in [0.15, 0.2) is 0 Å². The van der Waals surface area contributed by atoms with Crippen LogP contribution in [0, 0.1) is 22.2 Å². The van der Waals surface area contributed by atoms with Gasteiger partial charge in [-0.25, -0.2) is 0 Å². The van der Waals surface area contributed by atoms with Crippen LogP contribution in [0.2, 0.25) is 0 Å². The molecule has 0 amide bonds. The lowest BCUT2D eigenvalue weighted by Gasteiger charge is -2.40. The number of nitriles is 1. The van der Waals surface area contributed by atoms with Crippen LogP contribution in [0.25, 0.3) is 0 Å². The fourth-order valence-electron chi connectivity index (χ4n) is 2.25. The summed E-state index contributed by atoms with van der Waals surface area (Å²) in [5.41, 5.74) is -0.923. The minimum Gasteiger partial charge on any atom is -0.384 e. The van der Waals surface area contributed by atoms with E-state index >= 15 is 0 Å². The predicted molar refractivity (Wildman–Crippen MR) is 57.0 cm³/mol. The number of hydrogen-bond donors (Lipinski definition) is 1. The molecule has 0 aromatic heterocycles. The molecule has 0 aliphatic heterocycles. The van der Waals surface area contributed by atoms with Gasteiger partial charge in [-0.3, -0.25) is 0 Å². The first-order valence-corrected chi connectivity index (χ1v) is 5.76. The Bertz CT molecular complexity index is 307. The molecule has 1 atom stereocenters. The van der Waals surface area contributed by atoms with Gasteiger partial charge in [-0.15, -0.1) is 0 Å². The van der Waals surface area contributed by atoms with E-state index in [1.165, 1.54) is 0 Å². The first-order chi connectivity index (χ1) is 7.60. The first-order valence-electron chi connectivity index (χ1n) is 5.76. The third-order valence-corrected chi connectivity index (χ3v) is 3.76. The fraction of sp³-hybridized carbons (Fsp3) is 0.917. The van der Waals surface area contributed by atoms with Gasteiger partial charge in [0.15, 0.2) is 6.10 Å². The van der Waals surface area contributed by atoms with E-state index in [1.807, 2.05) is 6.07 Å². The fourth-order valence-corrected chi connectivity index (χ4v) is 2.25. The van der Waals surface area contributed by atoms with Crippen LogP contribution in [-0.2, 0) is 0 Å². The van der Waals surface area contributed by atoms with Crippen LogP contribution >= 0.6 is 0 Å². The van der Waals surface area contributed by atoms with Crippen LogP contribution < -0.4 is 0 Å². The molecule has 5 heteroatoms. The van der Waals surface area contributed by atoms with Gasteiger partial charge in [0.05, 0.1) is 11.5 Å². The Morgan fingerprint density at radius 2 is 1.71 bits per heavy atom. The zero-order valence-electron chi connectivity index (χ0n) is 10.1. The minimum absolute atomic E-state index is 0.0868. The Balaban J connectivity index is 2.70. The summed E-state index contributed by atoms with van der Waals surface area (Å²) in [6.45, 7) is 4.10. The molecule has 0 radical (unpaired) electrons. The zero-order valence-corrected chi connectivity index (χ0v) is 10.1. The largest absolute Gasteiger partial charge is 0.414 e. The Kier molecular flexibility index (Phi) is 3.78. The number of aliphatic hydroxyl groups is 1. The van der Waals surface area contributed by atoms with Crippen LogP contribution in [0.5, 0.6) is 0 Å². The topological polar surface area (TPSA) is 44.0 Å². The number of rotatable bonds is 2. The number of hydrogen-bond acceptors (Lipinski definition) is 2. The molecule has 17 heavy (non-hydrogen) atoms. The van der Waals surface area contributed by atoms with Crippen molar-refractivity contribution in [3.63, 3.8) is 0 Å². The first kappa shape index (κ1) is 14.3. The molecule has 1 rings (SSSR count). The maximum Gasteiger partial charge on any atom is 0.414 e. The van der Waals surface area contributed by atoms with Gasteiger partial charge in [0, 0.05) is 6.42 Å². The summed E-state index contributed by atoms with van der Waals surface area (Å²) >= 11 is 0. The molecule has 2 nitrogen and oxygen atoms in total. The molecular formula is C12H18F3NO. The molecule has 0 aromatic rings. The van der Waals surface area contributed by atoms with Crippen molar-refractivity contribution in [2.24, 2.45) is 10.8 Å². The second kappa shape index (κ2) is 4.49. The molecule has 1 N–H and O–H groups in total. The van der Waals surface area contributed by atoms with Gasteiger partial charge in [-0.05, 0) is 31.1 Å². The average molecular weight is 249 g/mol. The van der Waals surface area contributed by atoms with Crippen molar-refractivity contribution in [1.82, 2.24) is 0 Å². The highest BCUT2D eigenvalue weighted by Crippen LogP contribution is 2.48. The lowest BCUT2D eigenvalue weighted by atomic mass is 9.64. The third-order valence-electron chi connectivity index (χ3n) is 3.76. The van der Waals surface area contributed by atoms with Gasteiger partial charge in [0.25, 0.3) is 0 Å². The van der Waals surface area contributed by atoms with E-state index in [-0.39, 0.29) is 5.41 Å². The Morgan fingerprint density at radius 3 is 2.06 bits per heavy atom. The molecule has 0 heterocycles. The Morgan fingerprint density at radius 1 is 1.24 bits per heavy atom. The van der Waals surface area contributed by atoms with Crippen molar-refractivity contribution < 1.29 is 18.3 Å². The van der Waals surface area contributed by atoms with E-state index in [0.717, 1.165) is 12.8 Å². The average Bonchev–Trinajstić information content (AvgIpc) is 2.20. The highest BCUT2D eigenvalue weighted by molar-refractivity contribution is 5.04. The molecule has 1 unspecified atom stereocenters. The Hall–Kier alpha value is -0.760. The molecular weight excluding hydrogens is 231 g/mol. The summed E-state index contributed by atoms with van der Waals surface area (Å²) in [6.07, 6.45) is -5.19. The SMILES string of the molecule is CC1(C)CCC(C#N)(CC(O)C(F)(F)F)CC1. The van der Waals surface area contributed by atoms with Gasteiger partial charge >= 0.3 is 6.18 Å². The summed E-state index contributed by atoms with van der Waals surface area (Å²) < 4.78 is 36.9. The molecule has 0 saturated heterocycles. The molecule has 0 aromatic carbocycles. The van der Waals surface area contributed by atoms with Gasteiger partial charge in [-0.1, -0.05) is 13.8 Å². The molecule has 1 aliphatic carbocycles. The number of alkyl halides is 3. The predicted octanol–water partition coefficient (Wildman–Crippen LogP) is 3.41. The quantitative estimate of drug-likeness (QED) is 0.815. The van der Waals surface area contributed by atoms with E-state index in [0.29, 0.717) is 12.8 Å². The van der Waals surface area contributed by atoms with E-state index in [1.54, 1.807) is 0 Å². The zero-order chi connectivity index (χ0) is 13.3. The summed E-state index contributed by atoms with van der Waals surface area (Å²) in [6, 6.07) is 2.00. The van der Waals surface area contributed by atoms with Crippen molar-refractivity contribution >= 4 is 0 Å². The maximum absolute atomic E-state index is 12.3. The second-order valence-corrected chi connectivity index (χ2v) is 5.82. The lowest BCUT2D eigenvalue weighted by Crippen LogP contribution is -2.38. The summed E-state index contributed by atoms with van der Waals surface area (Å²) in [4.78, 5) is 0. The van der Waals surface area contributed by atoms with Crippen LogP contribution in [-0.4, -0.2) is 17.4 Å². The van der Waals surface area contributed by atoms with Gasteiger partial charge < -0.3 is 5.11 Å². The van der Waals surface area contributed by atoms with E-state index in [9.17, 15) is 13.2 Å². The van der Waals surface area contributed by atoms with E-state index in [4.69, 9.17) is 10.4 Å². The summed E-state index contributed by atoms with van der Waals surface area (Å²) in [5, 5.41) is 18.2.